The van der Waals surface area contributed by atoms with Gasteiger partial charge in [-0.2, -0.15) is 0 Å². The molecule has 2 heterocycles. The molecule has 1 aromatic carbocycles. The second-order valence-electron chi connectivity index (χ2n) is 5.49. The third-order valence-electron chi connectivity index (χ3n) is 4.18. The average Bonchev–Trinajstić information content (AvgIpc) is 3.25. The van der Waals surface area contributed by atoms with Crippen molar-refractivity contribution in [1.29, 1.82) is 0 Å². The number of nitrogens with one attached hydrogen (secondary N) is 2. The van der Waals surface area contributed by atoms with Crippen LogP contribution in [0.1, 0.15) is 0 Å². The molecule has 3 aromatic rings. The molecule has 4 atom stereocenters. The van der Waals surface area contributed by atoms with Gasteiger partial charge < -0.3 is 9.97 Å². The maximum atomic E-state index is 3.62. The highest BCUT2D eigenvalue weighted by Crippen LogP contribution is 2.33. The zero-order valence-corrected chi connectivity index (χ0v) is 18.5. The van der Waals surface area contributed by atoms with Crippen LogP contribution in [0.3, 0.4) is 0 Å². The van der Waals surface area contributed by atoms with Gasteiger partial charge in [-0.15, -0.1) is 0 Å². The summed E-state index contributed by atoms with van der Waals surface area (Å²) in [5.74, 6) is 0. The maximum absolute atomic E-state index is 3.62. The molecule has 2 N–H and O–H groups in total. The molecule has 0 saturated heterocycles. The lowest BCUT2D eigenvalue weighted by atomic mass is 9.98. The summed E-state index contributed by atoms with van der Waals surface area (Å²) in [7, 11) is 3.17. The first kappa shape index (κ1) is 18.3. The van der Waals surface area contributed by atoms with Crippen molar-refractivity contribution in [3.05, 3.63) is 36.4 Å². The molecular weight excluding hydrogens is 368 g/mol. The molecule has 0 aliphatic carbocycles. The number of H-pyrrole nitrogens is 2. The number of aromatic amines is 2. The second kappa shape index (κ2) is 8.25. The first-order chi connectivity index (χ1) is 11.7. The van der Waals surface area contributed by atoms with Crippen molar-refractivity contribution in [2.75, 3.05) is 26.7 Å². The van der Waals surface area contributed by atoms with Gasteiger partial charge in [-0.05, 0) is 49.9 Å². The van der Waals surface area contributed by atoms with Crippen LogP contribution in [0.5, 0.6) is 0 Å². The lowest BCUT2D eigenvalue weighted by molar-refractivity contribution is 1.53. The molecule has 4 unspecified atom stereocenters. The van der Waals surface area contributed by atoms with Gasteiger partial charge in [-0.1, -0.05) is 58.6 Å². The van der Waals surface area contributed by atoms with E-state index in [0.717, 1.165) is 34.3 Å². The van der Waals surface area contributed by atoms with Crippen molar-refractivity contribution >= 4 is 56.1 Å². The zero-order valence-electron chi connectivity index (χ0n) is 14.5. The van der Waals surface area contributed by atoms with E-state index in [1.807, 2.05) is 0 Å². The third kappa shape index (κ3) is 3.54. The molecule has 0 fully saturated rings. The molecule has 24 heavy (non-hydrogen) atoms. The summed E-state index contributed by atoms with van der Waals surface area (Å²) in [5.41, 5.74) is 10.9. The lowest BCUT2D eigenvalue weighted by Crippen LogP contribution is -2.04. The van der Waals surface area contributed by atoms with Crippen LogP contribution < -0.4 is 21.7 Å². The largest absolute Gasteiger partial charge is 0.355 e. The van der Waals surface area contributed by atoms with Gasteiger partial charge in [0.05, 0.1) is 0 Å². The van der Waals surface area contributed by atoms with Crippen LogP contribution in [-0.4, -0.2) is 36.6 Å². The van der Waals surface area contributed by atoms with Crippen molar-refractivity contribution < 1.29 is 0 Å². The van der Waals surface area contributed by atoms with Crippen LogP contribution >= 0.6 is 34.3 Å². The molecule has 126 valence electrons. The quantitative estimate of drug-likeness (QED) is 0.603. The maximum Gasteiger partial charge on any atom is 0.0434 e. The van der Waals surface area contributed by atoms with Crippen molar-refractivity contribution in [2.24, 2.45) is 0 Å². The summed E-state index contributed by atoms with van der Waals surface area (Å²) in [6.07, 6.45) is 0. The van der Waals surface area contributed by atoms with E-state index in [2.05, 4.69) is 73.0 Å². The van der Waals surface area contributed by atoms with E-state index in [4.69, 9.17) is 0 Å². The molecule has 0 radical (unpaired) electrons. The van der Waals surface area contributed by atoms with E-state index in [-0.39, 0.29) is 0 Å². The summed E-state index contributed by atoms with van der Waals surface area (Å²) in [6, 6.07) is 13.6. The van der Waals surface area contributed by atoms with E-state index in [1.54, 1.807) is 0 Å². The van der Waals surface area contributed by atoms with Crippen molar-refractivity contribution in [3.8, 4) is 22.3 Å². The molecule has 2 aromatic heterocycles. The Balaban J connectivity index is 2.19. The van der Waals surface area contributed by atoms with Crippen molar-refractivity contribution in [1.82, 2.24) is 9.97 Å². The number of hydrogen-bond acceptors (Lipinski definition) is 0. The standard InChI is InChI=1S/C18H24N2P4/c1-21-15-9-13(17(19-15)23-3)11-7-5-6-8-12(11)14-10-16(22-2)20-18(14)24-4/h5-10,19-24H,1-4H3. The lowest BCUT2D eigenvalue weighted by Gasteiger charge is -2.10. The van der Waals surface area contributed by atoms with Gasteiger partial charge in [-0.25, -0.2) is 0 Å². The molecule has 0 saturated carbocycles. The predicted octanol–water partition coefficient (Wildman–Crippen LogP) is 3.41. The second-order valence-corrected chi connectivity index (χ2v) is 9.57. The first-order valence-electron chi connectivity index (χ1n) is 7.98. The molecule has 6 heteroatoms. The molecule has 0 spiro atoms. The Hall–Kier alpha value is -0.500. The highest BCUT2D eigenvalue weighted by atomic mass is 31.1. The minimum Gasteiger partial charge on any atom is -0.355 e. The normalized spacial score (nSPS) is 13.2. The molecule has 2 nitrogen and oxygen atoms in total. The van der Waals surface area contributed by atoms with Gasteiger partial charge in [-0.3, -0.25) is 0 Å². The Kier molecular flexibility index (Phi) is 6.29. The Morgan fingerprint density at radius 3 is 1.33 bits per heavy atom. The highest BCUT2D eigenvalue weighted by Gasteiger charge is 2.16. The van der Waals surface area contributed by atoms with Crippen LogP contribution in [-0.2, 0) is 0 Å². The van der Waals surface area contributed by atoms with E-state index in [0.29, 0.717) is 0 Å². The fraction of sp³-hybridized carbons (Fsp3) is 0.222. The number of hydrogen-bond donors (Lipinski definition) is 2. The summed E-state index contributed by atoms with van der Waals surface area (Å²) in [4.78, 5) is 7.25. The monoisotopic (exact) mass is 392 g/mol. The van der Waals surface area contributed by atoms with Crippen molar-refractivity contribution in [2.45, 2.75) is 0 Å². The Bertz CT molecular complexity index is 766. The number of rotatable bonds is 6. The van der Waals surface area contributed by atoms with Crippen LogP contribution in [0.4, 0.5) is 0 Å². The average molecular weight is 392 g/mol. The van der Waals surface area contributed by atoms with E-state index in [9.17, 15) is 0 Å². The topological polar surface area (TPSA) is 31.6 Å². The van der Waals surface area contributed by atoms with E-state index < -0.39 is 0 Å². The molecule has 0 amide bonds. The molecule has 0 bridgehead atoms. The smallest absolute Gasteiger partial charge is 0.0434 e. The minimum absolute atomic E-state index is 0.779. The van der Waals surface area contributed by atoms with Gasteiger partial charge in [0, 0.05) is 32.9 Å². The summed E-state index contributed by atoms with van der Waals surface area (Å²) in [6.45, 7) is 8.99. The SMILES string of the molecule is CPc1cc(-c2ccccc2-c2cc(PC)[nH]c2PC)c(PC)[nH]1. The van der Waals surface area contributed by atoms with Gasteiger partial charge in [0.15, 0.2) is 0 Å². The molecule has 0 aliphatic rings. The first-order valence-corrected chi connectivity index (χ1v) is 14.0. The summed E-state index contributed by atoms with van der Waals surface area (Å²) in [5, 5.41) is 0. The van der Waals surface area contributed by atoms with Crippen LogP contribution in [0, 0.1) is 0 Å². The van der Waals surface area contributed by atoms with Gasteiger partial charge in [0.2, 0.25) is 0 Å². The van der Waals surface area contributed by atoms with Gasteiger partial charge >= 0.3 is 0 Å². The zero-order chi connectivity index (χ0) is 17.1. The van der Waals surface area contributed by atoms with Crippen LogP contribution in [0.2, 0.25) is 0 Å². The molecule has 3 rings (SSSR count). The minimum atomic E-state index is 0.779. The summed E-state index contributed by atoms with van der Waals surface area (Å²) >= 11 is 0. The third-order valence-corrected chi connectivity index (χ3v) is 7.59. The van der Waals surface area contributed by atoms with Crippen LogP contribution in [0.15, 0.2) is 36.4 Å². The van der Waals surface area contributed by atoms with E-state index >= 15 is 0 Å². The van der Waals surface area contributed by atoms with Crippen LogP contribution in [0.25, 0.3) is 22.3 Å². The molecule has 0 aliphatic heterocycles. The predicted molar refractivity (Wildman–Crippen MR) is 122 cm³/mol. The fourth-order valence-corrected chi connectivity index (χ4v) is 5.75. The number of aromatic nitrogens is 2. The van der Waals surface area contributed by atoms with Crippen molar-refractivity contribution in [3.63, 3.8) is 0 Å². The Morgan fingerprint density at radius 2 is 1.00 bits per heavy atom. The Labute approximate surface area is 151 Å². The van der Waals surface area contributed by atoms with Gasteiger partial charge in [0.25, 0.3) is 0 Å². The highest BCUT2D eigenvalue weighted by molar-refractivity contribution is 7.48. The Morgan fingerprint density at radius 1 is 0.583 bits per heavy atom. The summed E-state index contributed by atoms with van der Waals surface area (Å²) < 4.78 is 0. The molecular formula is C18H24N2P4. The van der Waals surface area contributed by atoms with Gasteiger partial charge in [0.1, 0.15) is 0 Å². The van der Waals surface area contributed by atoms with E-state index in [1.165, 1.54) is 44.0 Å². The number of benzene rings is 1. The fourth-order valence-electron chi connectivity index (χ4n) is 2.95.